The zero-order chi connectivity index (χ0) is 16.7. The monoisotopic (exact) mass is 314 g/mol. The number of carbonyl (C=O) groups is 1. The molecule has 3 aromatic carbocycles. The van der Waals surface area contributed by atoms with Crippen molar-refractivity contribution in [2.24, 2.45) is 0 Å². The molecule has 0 fully saturated rings. The number of hydrogen-bond donors (Lipinski definition) is 1. The molecule has 3 nitrogen and oxygen atoms in total. The van der Waals surface area contributed by atoms with E-state index in [0.29, 0.717) is 5.56 Å². The molecule has 0 aliphatic carbocycles. The van der Waals surface area contributed by atoms with E-state index < -0.39 is 5.97 Å². The summed E-state index contributed by atoms with van der Waals surface area (Å²) in [6.45, 7) is 2.07. The molecule has 0 aliphatic rings. The molecule has 3 heteroatoms. The molecule has 4 rings (SSSR count). The number of carboxylic acid groups (broad SMARTS) is 1. The Bertz CT molecular complexity index is 1040. The summed E-state index contributed by atoms with van der Waals surface area (Å²) in [5.41, 5.74) is 4.33. The van der Waals surface area contributed by atoms with Gasteiger partial charge in [0.2, 0.25) is 16.7 Å². The summed E-state index contributed by atoms with van der Waals surface area (Å²) >= 11 is 0. The lowest BCUT2D eigenvalue weighted by Gasteiger charge is -2.10. The molecule has 4 aromatic rings. The SMILES string of the molecule is Cc1ccccc1-[n+]1c2ccccc2c(C(=O)O)c2ccccc21. The number of aromatic carboxylic acids is 1. The Hall–Kier alpha value is -3.20. The second-order valence-electron chi connectivity index (χ2n) is 5.84. The highest BCUT2D eigenvalue weighted by Crippen LogP contribution is 2.26. The summed E-state index contributed by atoms with van der Waals surface area (Å²) < 4.78 is 2.15. The van der Waals surface area contributed by atoms with Gasteiger partial charge in [-0.3, -0.25) is 0 Å². The number of pyridine rings is 1. The minimum Gasteiger partial charge on any atom is -0.478 e. The van der Waals surface area contributed by atoms with Crippen LogP contribution < -0.4 is 4.57 Å². The molecule has 0 bridgehead atoms. The fourth-order valence-corrected chi connectivity index (χ4v) is 3.34. The number of fused-ring (bicyclic) bond motifs is 2. The Labute approximate surface area is 139 Å². The highest BCUT2D eigenvalue weighted by Gasteiger charge is 2.25. The highest BCUT2D eigenvalue weighted by molar-refractivity contribution is 6.12. The Morgan fingerprint density at radius 1 is 0.792 bits per heavy atom. The molecule has 0 saturated heterocycles. The van der Waals surface area contributed by atoms with Crippen LogP contribution in [0.1, 0.15) is 15.9 Å². The molecule has 24 heavy (non-hydrogen) atoms. The van der Waals surface area contributed by atoms with E-state index in [-0.39, 0.29) is 0 Å². The van der Waals surface area contributed by atoms with Crippen molar-refractivity contribution in [2.45, 2.75) is 6.92 Å². The van der Waals surface area contributed by atoms with Gasteiger partial charge in [0.15, 0.2) is 0 Å². The van der Waals surface area contributed by atoms with Crippen molar-refractivity contribution in [3.63, 3.8) is 0 Å². The first kappa shape index (κ1) is 14.4. The van der Waals surface area contributed by atoms with Crippen molar-refractivity contribution in [2.75, 3.05) is 0 Å². The van der Waals surface area contributed by atoms with Gasteiger partial charge in [-0.05, 0) is 19.1 Å². The van der Waals surface area contributed by atoms with Gasteiger partial charge in [-0.25, -0.2) is 4.79 Å². The highest BCUT2D eigenvalue weighted by atomic mass is 16.4. The molecular formula is C21H16NO2+. The van der Waals surface area contributed by atoms with E-state index >= 15 is 0 Å². The van der Waals surface area contributed by atoms with E-state index in [2.05, 4.69) is 23.6 Å². The number of hydrogen-bond acceptors (Lipinski definition) is 1. The molecular weight excluding hydrogens is 298 g/mol. The van der Waals surface area contributed by atoms with Crippen molar-refractivity contribution in [3.8, 4) is 5.69 Å². The zero-order valence-corrected chi connectivity index (χ0v) is 13.2. The van der Waals surface area contributed by atoms with Crippen LogP contribution in [-0.2, 0) is 0 Å². The first-order chi connectivity index (χ1) is 11.7. The summed E-state index contributed by atoms with van der Waals surface area (Å²) in [6.07, 6.45) is 0. The van der Waals surface area contributed by atoms with E-state index in [1.807, 2.05) is 60.7 Å². The van der Waals surface area contributed by atoms with Crippen molar-refractivity contribution in [1.82, 2.24) is 0 Å². The largest absolute Gasteiger partial charge is 0.478 e. The van der Waals surface area contributed by atoms with Gasteiger partial charge in [0.1, 0.15) is 0 Å². The van der Waals surface area contributed by atoms with Crippen LogP contribution in [0.4, 0.5) is 0 Å². The number of benzene rings is 3. The molecule has 0 atom stereocenters. The van der Waals surface area contributed by atoms with Crippen LogP contribution in [0.15, 0.2) is 72.8 Å². The molecule has 0 saturated carbocycles. The normalized spacial score (nSPS) is 11.0. The molecule has 116 valence electrons. The van der Waals surface area contributed by atoms with Gasteiger partial charge < -0.3 is 5.11 Å². The summed E-state index contributed by atoms with van der Waals surface area (Å²) in [5, 5.41) is 11.3. The molecule has 1 heterocycles. The summed E-state index contributed by atoms with van der Waals surface area (Å²) in [6, 6.07) is 23.5. The van der Waals surface area contributed by atoms with Gasteiger partial charge >= 0.3 is 5.97 Å². The van der Waals surface area contributed by atoms with Gasteiger partial charge in [0.05, 0.1) is 16.3 Å². The maximum absolute atomic E-state index is 11.9. The first-order valence-electron chi connectivity index (χ1n) is 7.83. The third-order valence-electron chi connectivity index (χ3n) is 4.40. The maximum Gasteiger partial charge on any atom is 0.337 e. The van der Waals surface area contributed by atoms with Crippen LogP contribution in [0.5, 0.6) is 0 Å². The van der Waals surface area contributed by atoms with Gasteiger partial charge in [0.25, 0.3) is 0 Å². The Balaban J connectivity index is 2.31. The summed E-state index contributed by atoms with van der Waals surface area (Å²) in [7, 11) is 0. The van der Waals surface area contributed by atoms with Crippen LogP contribution in [-0.4, -0.2) is 11.1 Å². The number of aromatic nitrogens is 1. The van der Waals surface area contributed by atoms with Crippen LogP contribution in [0.25, 0.3) is 27.5 Å². The molecule has 0 radical (unpaired) electrons. The number of para-hydroxylation sites is 3. The standard InChI is InChI=1S/C21H15NO2/c1-14-8-2-5-11-17(14)22-18-12-6-3-9-15(18)20(21(23)24)16-10-4-7-13-19(16)22/h2-13H,1H3/p+1. The lowest BCUT2D eigenvalue weighted by atomic mass is 10.0. The van der Waals surface area contributed by atoms with Crippen molar-refractivity contribution < 1.29 is 14.5 Å². The molecule has 0 aliphatic heterocycles. The third kappa shape index (κ3) is 2.06. The van der Waals surface area contributed by atoms with Gasteiger partial charge in [-0.1, -0.05) is 42.5 Å². The van der Waals surface area contributed by atoms with Crippen LogP contribution in [0, 0.1) is 6.92 Å². The molecule has 0 spiro atoms. The number of nitrogens with zero attached hydrogens (tertiary/aromatic N) is 1. The Morgan fingerprint density at radius 2 is 1.29 bits per heavy atom. The predicted octanol–water partition coefficient (Wildman–Crippen LogP) is 4.28. The predicted molar refractivity (Wildman–Crippen MR) is 94.7 cm³/mol. The van der Waals surface area contributed by atoms with Crippen molar-refractivity contribution >= 4 is 27.8 Å². The van der Waals surface area contributed by atoms with Crippen molar-refractivity contribution in [3.05, 3.63) is 83.9 Å². The van der Waals surface area contributed by atoms with Crippen LogP contribution in [0.2, 0.25) is 0 Å². The topological polar surface area (TPSA) is 41.2 Å². The van der Waals surface area contributed by atoms with Gasteiger partial charge in [0, 0.05) is 23.8 Å². The quantitative estimate of drug-likeness (QED) is 0.443. The maximum atomic E-state index is 11.9. The van der Waals surface area contributed by atoms with E-state index in [1.165, 1.54) is 0 Å². The smallest absolute Gasteiger partial charge is 0.337 e. The molecule has 0 unspecified atom stereocenters. The first-order valence-corrected chi connectivity index (χ1v) is 7.83. The van der Waals surface area contributed by atoms with E-state index in [9.17, 15) is 9.90 Å². The Morgan fingerprint density at radius 3 is 1.83 bits per heavy atom. The summed E-state index contributed by atoms with van der Waals surface area (Å²) in [4.78, 5) is 11.9. The van der Waals surface area contributed by atoms with Crippen molar-refractivity contribution in [1.29, 1.82) is 0 Å². The van der Waals surface area contributed by atoms with E-state index in [4.69, 9.17) is 0 Å². The lowest BCUT2D eigenvalue weighted by molar-refractivity contribution is -0.538. The molecule has 1 aromatic heterocycles. The molecule has 0 amide bonds. The number of rotatable bonds is 2. The Kier molecular flexibility index (Phi) is 3.28. The second kappa shape index (κ2) is 5.46. The van der Waals surface area contributed by atoms with E-state index in [1.54, 1.807) is 0 Å². The summed E-state index contributed by atoms with van der Waals surface area (Å²) in [5.74, 6) is -0.903. The fourth-order valence-electron chi connectivity index (χ4n) is 3.34. The average molecular weight is 314 g/mol. The van der Waals surface area contributed by atoms with Gasteiger partial charge in [-0.15, -0.1) is 0 Å². The fraction of sp³-hybridized carbons (Fsp3) is 0.0476. The average Bonchev–Trinajstić information content (AvgIpc) is 2.60. The minimum absolute atomic E-state index is 0.353. The number of carboxylic acids is 1. The van der Waals surface area contributed by atoms with Crippen LogP contribution in [0.3, 0.4) is 0 Å². The van der Waals surface area contributed by atoms with E-state index in [0.717, 1.165) is 33.1 Å². The van der Waals surface area contributed by atoms with Crippen LogP contribution >= 0.6 is 0 Å². The zero-order valence-electron chi connectivity index (χ0n) is 13.2. The minimum atomic E-state index is -0.903. The third-order valence-corrected chi connectivity index (χ3v) is 4.40. The molecule has 1 N–H and O–H groups in total. The van der Waals surface area contributed by atoms with Gasteiger partial charge in [-0.2, -0.15) is 4.57 Å². The lowest BCUT2D eigenvalue weighted by Crippen LogP contribution is -2.34. The second-order valence-corrected chi connectivity index (χ2v) is 5.84. The number of aryl methyl sites for hydroxylation is 1.